The van der Waals surface area contributed by atoms with E-state index in [0.29, 0.717) is 16.3 Å². The minimum atomic E-state index is -1.00. The van der Waals surface area contributed by atoms with Crippen LogP contribution in [0.25, 0.3) is 131 Å². The lowest BCUT2D eigenvalue weighted by Crippen LogP contribution is -1.94. The van der Waals surface area contributed by atoms with Gasteiger partial charge in [-0.2, -0.15) is 0 Å². The predicted molar refractivity (Wildman–Crippen MR) is 292 cm³/mol. The summed E-state index contributed by atoms with van der Waals surface area (Å²) in [5, 5.41) is 67.1. The topological polar surface area (TPSA) is 101 Å². The Morgan fingerprint density at radius 1 is 0.183 bits per heavy atom. The molecule has 5 nitrogen and oxygen atoms in total. The molecule has 13 aromatic carbocycles. The van der Waals surface area contributed by atoms with Crippen molar-refractivity contribution in [3.05, 3.63) is 224 Å². The third kappa shape index (κ3) is 6.55. The van der Waals surface area contributed by atoms with Gasteiger partial charge in [-0.05, 0) is 138 Å². The maximum absolute atomic E-state index is 11.3. The molecule has 13 aromatic rings. The van der Waals surface area contributed by atoms with Gasteiger partial charge in [-0.25, -0.2) is 0 Å². The lowest BCUT2D eigenvalue weighted by Gasteiger charge is -2.21. The van der Waals surface area contributed by atoms with E-state index in [9.17, 15) is 25.5 Å². The van der Waals surface area contributed by atoms with Gasteiger partial charge in [0.15, 0.2) is 11.5 Å². The fourth-order valence-electron chi connectivity index (χ4n) is 11.1. The molecule has 0 spiro atoms. The highest BCUT2D eigenvalue weighted by molar-refractivity contribution is 6.23. The molecular formula is C66H42O5. The van der Waals surface area contributed by atoms with E-state index in [4.69, 9.17) is 0 Å². The first kappa shape index (κ1) is 41.6. The molecule has 336 valence electrons. The molecule has 0 aromatic heterocycles. The summed E-state index contributed by atoms with van der Waals surface area (Å²) >= 11 is 0. The van der Waals surface area contributed by atoms with Crippen molar-refractivity contribution >= 4 is 64.6 Å². The van der Waals surface area contributed by atoms with Gasteiger partial charge < -0.3 is 25.5 Å². The molecule has 13 rings (SSSR count). The number of benzene rings is 13. The smallest absolute Gasteiger partial charge is 0.208 e. The van der Waals surface area contributed by atoms with Crippen LogP contribution >= 0.6 is 0 Å². The summed E-state index contributed by atoms with van der Waals surface area (Å²) in [7, 11) is 0. The van der Waals surface area contributed by atoms with Crippen LogP contribution < -0.4 is 0 Å². The highest BCUT2D eigenvalue weighted by Crippen LogP contribution is 2.58. The summed E-state index contributed by atoms with van der Waals surface area (Å²) < 4.78 is 0. The Kier molecular flexibility index (Phi) is 9.55. The molecule has 0 fully saturated rings. The van der Waals surface area contributed by atoms with Crippen LogP contribution in [0, 0.1) is 0 Å². The fourth-order valence-corrected chi connectivity index (χ4v) is 11.1. The number of phenolic OH excluding ortho intramolecular Hbond substituents is 5. The zero-order valence-corrected chi connectivity index (χ0v) is 38.1. The molecule has 0 aliphatic carbocycles. The Labute approximate surface area is 408 Å². The van der Waals surface area contributed by atoms with Crippen molar-refractivity contribution in [3.63, 3.8) is 0 Å². The van der Waals surface area contributed by atoms with Crippen molar-refractivity contribution in [2.24, 2.45) is 0 Å². The van der Waals surface area contributed by atoms with Crippen molar-refractivity contribution in [1.82, 2.24) is 0 Å². The predicted octanol–water partition coefficient (Wildman–Crippen LogP) is 17.1. The Hall–Kier alpha value is -9.58. The zero-order valence-electron chi connectivity index (χ0n) is 38.1. The maximum Gasteiger partial charge on any atom is 0.208 e. The Morgan fingerprint density at radius 2 is 0.493 bits per heavy atom. The van der Waals surface area contributed by atoms with Gasteiger partial charge in [-0.1, -0.05) is 206 Å². The van der Waals surface area contributed by atoms with Gasteiger partial charge in [0.05, 0.1) is 5.56 Å². The normalized spacial score (nSPS) is 11.7. The van der Waals surface area contributed by atoms with E-state index in [0.717, 1.165) is 55.3 Å². The molecule has 0 aliphatic heterocycles. The van der Waals surface area contributed by atoms with Gasteiger partial charge in [0.25, 0.3) is 0 Å². The fraction of sp³-hybridized carbons (Fsp3) is 0. The minimum Gasteiger partial charge on any atom is -0.504 e. The standard InChI is InChI=1S/C66H42O5/c67-62-61(63(68)65(70)66(71)64(62)69)60-54-23-11-9-21-52(54)59(53-22-10-12-24-55(53)60)44-33-34-47(38-25-27-40(28-26-38)57-35-42-13-1-3-15-45(42)48-17-5-7-19-50(48)57)56(37-44)39-29-31-41(32-30-39)58-36-43-14-2-4-16-46(43)49-18-6-8-20-51(49)58/h1-37,67-71H. The van der Waals surface area contributed by atoms with E-state index >= 15 is 0 Å². The van der Waals surface area contributed by atoms with Crippen LogP contribution in [0.4, 0.5) is 0 Å². The highest BCUT2D eigenvalue weighted by atomic mass is 16.4. The van der Waals surface area contributed by atoms with Crippen molar-refractivity contribution in [1.29, 1.82) is 0 Å². The molecule has 5 N–H and O–H groups in total. The number of phenols is 5. The SMILES string of the molecule is Oc1c(O)c(O)c(-c2c3ccccc3c(-c3ccc(-c4ccc(-c5cc6ccccc6c6ccccc56)cc4)c(-c4ccc(-c5cc6ccccc6c6ccccc56)cc4)c3)c3ccccc23)c(O)c1O. The quantitative estimate of drug-likeness (QED) is 0.0495. The molecule has 0 atom stereocenters. The second-order valence-electron chi connectivity index (χ2n) is 18.3. The third-order valence-corrected chi connectivity index (χ3v) is 14.4. The first-order valence-corrected chi connectivity index (χ1v) is 23.6. The summed E-state index contributed by atoms with van der Waals surface area (Å²) in [6.45, 7) is 0. The van der Waals surface area contributed by atoms with Gasteiger partial charge in [-0.15, -0.1) is 0 Å². The summed E-state index contributed by atoms with van der Waals surface area (Å²) in [5.74, 6) is -4.34. The van der Waals surface area contributed by atoms with Gasteiger partial charge >= 0.3 is 0 Å². The lowest BCUT2D eigenvalue weighted by molar-refractivity contribution is 0.330. The average molecular weight is 915 g/mol. The first-order chi connectivity index (χ1) is 34.8. The number of rotatable bonds is 6. The molecule has 0 saturated heterocycles. The summed E-state index contributed by atoms with van der Waals surface area (Å²) in [6.07, 6.45) is 0. The molecule has 0 bridgehead atoms. The number of hydrogen-bond acceptors (Lipinski definition) is 5. The number of aromatic hydroxyl groups is 5. The average Bonchev–Trinajstić information content (AvgIpc) is 3.43. The summed E-state index contributed by atoms with van der Waals surface area (Å²) in [6, 6.07) is 78.7. The van der Waals surface area contributed by atoms with Crippen molar-refractivity contribution in [2.45, 2.75) is 0 Å². The van der Waals surface area contributed by atoms with E-state index in [2.05, 4.69) is 176 Å². The number of fused-ring (bicyclic) bond motifs is 8. The Morgan fingerprint density at radius 3 is 0.930 bits per heavy atom. The molecule has 0 heterocycles. The molecule has 0 aliphatic rings. The van der Waals surface area contributed by atoms with Crippen LogP contribution in [0.1, 0.15) is 0 Å². The van der Waals surface area contributed by atoms with E-state index < -0.39 is 28.7 Å². The molecule has 0 unspecified atom stereocenters. The van der Waals surface area contributed by atoms with Crippen molar-refractivity contribution in [2.75, 3.05) is 0 Å². The molecule has 5 heteroatoms. The second kappa shape index (κ2) is 16.3. The number of hydrogen-bond donors (Lipinski definition) is 5. The van der Waals surface area contributed by atoms with Gasteiger partial charge in [0.2, 0.25) is 17.2 Å². The lowest BCUT2D eigenvalue weighted by atomic mass is 9.83. The van der Waals surface area contributed by atoms with Crippen molar-refractivity contribution < 1.29 is 25.5 Å². The van der Waals surface area contributed by atoms with Gasteiger partial charge in [-0.3, -0.25) is 0 Å². The van der Waals surface area contributed by atoms with Crippen molar-refractivity contribution in [3.8, 4) is 95.5 Å². The van der Waals surface area contributed by atoms with Gasteiger partial charge in [0, 0.05) is 5.56 Å². The van der Waals surface area contributed by atoms with Gasteiger partial charge in [0.1, 0.15) is 0 Å². The third-order valence-electron chi connectivity index (χ3n) is 14.4. The maximum atomic E-state index is 11.3. The molecule has 0 radical (unpaired) electrons. The zero-order chi connectivity index (χ0) is 47.9. The largest absolute Gasteiger partial charge is 0.504 e. The van der Waals surface area contributed by atoms with Crippen LogP contribution in [0.15, 0.2) is 224 Å². The Bertz CT molecular complexity index is 4240. The monoisotopic (exact) mass is 914 g/mol. The molecule has 0 amide bonds. The summed E-state index contributed by atoms with van der Waals surface area (Å²) in [4.78, 5) is 0. The molecule has 71 heavy (non-hydrogen) atoms. The highest BCUT2D eigenvalue weighted by Gasteiger charge is 2.28. The van der Waals surface area contributed by atoms with Crippen LogP contribution in [0.3, 0.4) is 0 Å². The first-order valence-electron chi connectivity index (χ1n) is 23.6. The van der Waals surface area contributed by atoms with Crippen LogP contribution in [0.5, 0.6) is 28.7 Å². The second-order valence-corrected chi connectivity index (χ2v) is 18.3. The van der Waals surface area contributed by atoms with E-state index in [1.807, 2.05) is 48.5 Å². The van der Waals surface area contributed by atoms with Crippen LogP contribution in [0.2, 0.25) is 0 Å². The van der Waals surface area contributed by atoms with E-state index in [-0.39, 0.29) is 5.56 Å². The van der Waals surface area contributed by atoms with Crippen LogP contribution in [-0.2, 0) is 0 Å². The van der Waals surface area contributed by atoms with Crippen LogP contribution in [-0.4, -0.2) is 25.5 Å². The Balaban J connectivity index is 1.02. The van der Waals surface area contributed by atoms with E-state index in [1.165, 1.54) is 54.2 Å². The van der Waals surface area contributed by atoms with E-state index in [1.54, 1.807) is 0 Å². The molecular weight excluding hydrogens is 873 g/mol. The molecule has 0 saturated carbocycles. The summed E-state index contributed by atoms with van der Waals surface area (Å²) in [5.41, 5.74) is 10.9. The minimum absolute atomic E-state index is 0.188.